The third-order valence-electron chi connectivity index (χ3n) is 2.30. The summed E-state index contributed by atoms with van der Waals surface area (Å²) < 4.78 is 13.0. The van der Waals surface area contributed by atoms with E-state index in [-0.39, 0.29) is 5.69 Å². The quantitative estimate of drug-likeness (QED) is 0.430. The van der Waals surface area contributed by atoms with Crippen LogP contribution in [-0.2, 0) is 0 Å². The Labute approximate surface area is 106 Å². The molecule has 0 bridgehead atoms. The van der Waals surface area contributed by atoms with Crippen LogP contribution in [0.5, 0.6) is 5.75 Å². The van der Waals surface area contributed by atoms with Crippen molar-refractivity contribution in [2.45, 2.75) is 26.2 Å². The molecule has 0 aromatic heterocycles. The van der Waals surface area contributed by atoms with Gasteiger partial charge in [-0.15, -0.1) is 0 Å². The van der Waals surface area contributed by atoms with E-state index in [2.05, 4.69) is 17.6 Å². The molecule has 0 amide bonds. The van der Waals surface area contributed by atoms with E-state index in [1.807, 2.05) is 0 Å². The third-order valence-corrected chi connectivity index (χ3v) is 2.55. The molecule has 94 valence electrons. The van der Waals surface area contributed by atoms with Crippen LogP contribution in [-0.4, -0.2) is 16.8 Å². The number of phenols is 1. The lowest BCUT2D eigenvalue weighted by Gasteiger charge is -2.11. The van der Waals surface area contributed by atoms with Gasteiger partial charge in [0.2, 0.25) is 0 Å². The minimum absolute atomic E-state index is 0.276. The van der Waals surface area contributed by atoms with E-state index in [0.717, 1.165) is 25.8 Å². The number of phenolic OH excluding ortho intramolecular Hbond substituents is 1. The largest absolute Gasteiger partial charge is 0.503 e. The van der Waals surface area contributed by atoms with E-state index in [0.29, 0.717) is 5.11 Å². The molecule has 0 spiro atoms. The van der Waals surface area contributed by atoms with Gasteiger partial charge in [-0.05, 0) is 30.8 Å². The monoisotopic (exact) mass is 256 g/mol. The van der Waals surface area contributed by atoms with Crippen molar-refractivity contribution in [2.24, 2.45) is 0 Å². The summed E-state index contributed by atoms with van der Waals surface area (Å²) in [4.78, 5) is 0. The highest BCUT2D eigenvalue weighted by Gasteiger charge is 2.07. The zero-order chi connectivity index (χ0) is 12.7. The van der Waals surface area contributed by atoms with E-state index >= 15 is 0 Å². The van der Waals surface area contributed by atoms with Crippen molar-refractivity contribution in [3.63, 3.8) is 0 Å². The van der Waals surface area contributed by atoms with Crippen LogP contribution in [0.15, 0.2) is 18.2 Å². The second-order valence-electron chi connectivity index (χ2n) is 3.72. The minimum atomic E-state index is -0.663. The Hall–Kier alpha value is -1.36. The Morgan fingerprint density at radius 1 is 1.41 bits per heavy atom. The summed E-state index contributed by atoms with van der Waals surface area (Å²) in [5.41, 5.74) is 0.276. The normalized spacial score (nSPS) is 10.0. The van der Waals surface area contributed by atoms with E-state index in [9.17, 15) is 9.50 Å². The number of nitrogens with one attached hydrogen (secondary N) is 2. The number of para-hydroxylation sites is 1. The molecule has 0 saturated carbocycles. The van der Waals surface area contributed by atoms with Crippen molar-refractivity contribution < 1.29 is 9.50 Å². The van der Waals surface area contributed by atoms with Crippen LogP contribution >= 0.6 is 12.2 Å². The summed E-state index contributed by atoms with van der Waals surface area (Å²) in [5, 5.41) is 15.6. The van der Waals surface area contributed by atoms with Crippen molar-refractivity contribution in [3.8, 4) is 5.75 Å². The number of rotatable bonds is 5. The summed E-state index contributed by atoms with van der Waals surface area (Å²) in [6, 6.07) is 4.27. The summed E-state index contributed by atoms with van der Waals surface area (Å²) in [6.45, 7) is 2.90. The van der Waals surface area contributed by atoms with Crippen LogP contribution in [0.2, 0.25) is 0 Å². The van der Waals surface area contributed by atoms with Gasteiger partial charge >= 0.3 is 0 Å². The summed E-state index contributed by atoms with van der Waals surface area (Å²) in [6.07, 6.45) is 3.32. The van der Waals surface area contributed by atoms with E-state index in [4.69, 9.17) is 12.2 Å². The Morgan fingerprint density at radius 2 is 2.18 bits per heavy atom. The second kappa shape index (κ2) is 7.06. The van der Waals surface area contributed by atoms with Crippen molar-refractivity contribution in [1.29, 1.82) is 0 Å². The van der Waals surface area contributed by atoms with Gasteiger partial charge in [0.1, 0.15) is 0 Å². The fourth-order valence-corrected chi connectivity index (χ4v) is 1.57. The van der Waals surface area contributed by atoms with Crippen LogP contribution in [0.4, 0.5) is 10.1 Å². The summed E-state index contributed by atoms with van der Waals surface area (Å²) in [7, 11) is 0. The molecule has 0 saturated heterocycles. The second-order valence-corrected chi connectivity index (χ2v) is 4.13. The molecule has 0 aliphatic rings. The van der Waals surface area contributed by atoms with Crippen LogP contribution in [0.3, 0.4) is 0 Å². The Bertz CT molecular complexity index is 385. The fourth-order valence-electron chi connectivity index (χ4n) is 1.36. The molecule has 17 heavy (non-hydrogen) atoms. The molecule has 0 aliphatic carbocycles. The SMILES string of the molecule is CCCCCNC(=S)Nc1cccc(F)c1O. The van der Waals surface area contributed by atoms with Gasteiger partial charge in [-0.25, -0.2) is 4.39 Å². The molecule has 1 rings (SSSR count). The van der Waals surface area contributed by atoms with Gasteiger partial charge in [0.25, 0.3) is 0 Å². The molecule has 0 atom stereocenters. The lowest BCUT2D eigenvalue weighted by atomic mass is 10.2. The molecule has 0 aliphatic heterocycles. The Morgan fingerprint density at radius 3 is 2.88 bits per heavy atom. The number of benzene rings is 1. The third kappa shape index (κ3) is 4.56. The molecule has 5 heteroatoms. The molecule has 3 nitrogen and oxygen atoms in total. The maximum Gasteiger partial charge on any atom is 0.175 e. The zero-order valence-electron chi connectivity index (χ0n) is 9.79. The molecule has 0 fully saturated rings. The molecule has 0 heterocycles. The number of halogens is 1. The highest BCUT2D eigenvalue weighted by atomic mass is 32.1. The average Bonchev–Trinajstić information content (AvgIpc) is 2.31. The standard InChI is InChI=1S/C12H17FN2OS/c1-2-3-4-8-14-12(17)15-10-7-5-6-9(13)11(10)16/h5-7,16H,2-4,8H2,1H3,(H2,14,15,17). The molecule has 0 unspecified atom stereocenters. The van der Waals surface area contributed by atoms with Crippen LogP contribution in [0, 0.1) is 5.82 Å². The summed E-state index contributed by atoms with van der Waals surface area (Å²) in [5.74, 6) is -1.08. The van der Waals surface area contributed by atoms with Gasteiger partial charge in [-0.2, -0.15) is 0 Å². The Balaban J connectivity index is 2.43. The lowest BCUT2D eigenvalue weighted by molar-refractivity contribution is 0.435. The summed E-state index contributed by atoms with van der Waals surface area (Å²) >= 11 is 5.03. The highest BCUT2D eigenvalue weighted by Crippen LogP contribution is 2.25. The first kappa shape index (κ1) is 13.7. The van der Waals surface area contributed by atoms with Crippen molar-refractivity contribution >= 4 is 23.0 Å². The smallest absolute Gasteiger partial charge is 0.175 e. The van der Waals surface area contributed by atoms with Crippen molar-refractivity contribution in [3.05, 3.63) is 24.0 Å². The van der Waals surface area contributed by atoms with Crippen LogP contribution in [0.25, 0.3) is 0 Å². The molecule has 1 aromatic rings. The first-order valence-electron chi connectivity index (χ1n) is 5.67. The average molecular weight is 256 g/mol. The van der Waals surface area contributed by atoms with E-state index in [1.54, 1.807) is 6.07 Å². The highest BCUT2D eigenvalue weighted by molar-refractivity contribution is 7.80. The van der Waals surface area contributed by atoms with Crippen LogP contribution < -0.4 is 10.6 Å². The van der Waals surface area contributed by atoms with Crippen molar-refractivity contribution in [1.82, 2.24) is 5.32 Å². The van der Waals surface area contributed by atoms with Gasteiger partial charge < -0.3 is 15.7 Å². The van der Waals surface area contributed by atoms with Gasteiger partial charge in [-0.3, -0.25) is 0 Å². The zero-order valence-corrected chi connectivity index (χ0v) is 10.6. The lowest BCUT2D eigenvalue weighted by Crippen LogP contribution is -2.29. The number of anilines is 1. The predicted octanol–water partition coefficient (Wildman–Crippen LogP) is 3.01. The first-order chi connectivity index (χ1) is 8.15. The van der Waals surface area contributed by atoms with Crippen LogP contribution in [0.1, 0.15) is 26.2 Å². The van der Waals surface area contributed by atoms with Gasteiger partial charge in [-0.1, -0.05) is 25.8 Å². The Kier molecular flexibility index (Phi) is 5.69. The first-order valence-corrected chi connectivity index (χ1v) is 6.08. The maximum absolute atomic E-state index is 13.0. The number of hydrogen-bond donors (Lipinski definition) is 3. The number of aromatic hydroxyl groups is 1. The van der Waals surface area contributed by atoms with Gasteiger partial charge in [0.05, 0.1) is 5.69 Å². The number of thiocarbonyl (C=S) groups is 1. The topological polar surface area (TPSA) is 44.3 Å². The van der Waals surface area contributed by atoms with Crippen molar-refractivity contribution in [2.75, 3.05) is 11.9 Å². The van der Waals surface area contributed by atoms with E-state index in [1.165, 1.54) is 12.1 Å². The fraction of sp³-hybridized carbons (Fsp3) is 0.417. The predicted molar refractivity (Wildman–Crippen MR) is 71.8 cm³/mol. The van der Waals surface area contributed by atoms with Gasteiger partial charge in [0, 0.05) is 6.54 Å². The molecule has 3 N–H and O–H groups in total. The van der Waals surface area contributed by atoms with E-state index < -0.39 is 11.6 Å². The molecular weight excluding hydrogens is 239 g/mol. The minimum Gasteiger partial charge on any atom is -0.503 e. The number of hydrogen-bond acceptors (Lipinski definition) is 2. The number of unbranched alkanes of at least 4 members (excludes halogenated alkanes) is 2. The molecule has 0 radical (unpaired) electrons. The van der Waals surface area contributed by atoms with Gasteiger partial charge in [0.15, 0.2) is 16.7 Å². The maximum atomic E-state index is 13.0. The molecular formula is C12H17FN2OS. The molecule has 1 aromatic carbocycles.